The lowest BCUT2D eigenvalue weighted by Gasteiger charge is -2.35. The Balaban J connectivity index is 1.48. The molecule has 0 bridgehead atoms. The molecule has 3 aromatic rings. The zero-order valence-electron chi connectivity index (χ0n) is 25.2. The molecule has 2 aliphatic heterocycles. The maximum absolute atomic E-state index is 13.8. The summed E-state index contributed by atoms with van der Waals surface area (Å²) in [6, 6.07) is 4.55. The number of carbonyl (C=O) groups is 3. The number of rotatable bonds is 8. The number of morpholine rings is 1. The summed E-state index contributed by atoms with van der Waals surface area (Å²) in [5.74, 6) is -0.991. The van der Waals surface area contributed by atoms with Crippen molar-refractivity contribution in [1.29, 1.82) is 0 Å². The van der Waals surface area contributed by atoms with E-state index in [1.165, 1.54) is 21.8 Å². The molecule has 0 spiro atoms. The van der Waals surface area contributed by atoms with Crippen LogP contribution in [0.25, 0.3) is 0 Å². The third kappa shape index (κ3) is 7.06. The van der Waals surface area contributed by atoms with Gasteiger partial charge in [0.1, 0.15) is 11.7 Å². The quantitative estimate of drug-likeness (QED) is 0.236. The second-order valence-electron chi connectivity index (χ2n) is 11.2. The van der Waals surface area contributed by atoms with Crippen LogP contribution in [-0.4, -0.2) is 98.2 Å². The van der Waals surface area contributed by atoms with E-state index < -0.39 is 34.7 Å². The number of aryl methyl sites for hydroxylation is 1. The highest BCUT2D eigenvalue weighted by molar-refractivity contribution is 9.10. The van der Waals surface area contributed by atoms with Crippen molar-refractivity contribution in [3.8, 4) is 0 Å². The summed E-state index contributed by atoms with van der Waals surface area (Å²) in [6.07, 6.45) is 4.35. The Morgan fingerprint density at radius 1 is 1.09 bits per heavy atom. The molecule has 16 heteroatoms. The number of nitro benzene ring substituents is 1. The number of hydrogen-bond donors (Lipinski definition) is 3. The Morgan fingerprint density at radius 2 is 1.82 bits per heavy atom. The molecule has 5 rings (SSSR count). The summed E-state index contributed by atoms with van der Waals surface area (Å²) >= 11 is 3.32. The van der Waals surface area contributed by atoms with E-state index in [-0.39, 0.29) is 47.7 Å². The number of amides is 3. The predicted octanol–water partition coefficient (Wildman–Crippen LogP) is 3.11. The van der Waals surface area contributed by atoms with Gasteiger partial charge in [-0.25, -0.2) is 0 Å². The molecule has 0 saturated carbocycles. The summed E-state index contributed by atoms with van der Waals surface area (Å²) in [5, 5.41) is 25.3. The number of halogens is 1. The van der Waals surface area contributed by atoms with E-state index in [2.05, 4.69) is 42.0 Å². The first kappa shape index (κ1) is 31.8. The number of pyridine rings is 1. The largest absolute Gasteiger partial charge is 0.387 e. The molecule has 0 aliphatic carbocycles. The molecule has 45 heavy (non-hydrogen) atoms. The van der Waals surface area contributed by atoms with Crippen molar-refractivity contribution in [1.82, 2.24) is 24.6 Å². The standard InChI is InChI=1S/C29H34BrN9O6/c1-16-13-37(14-17(2)45-16)29(42)22-8-19(30)9-23(39(43)44)26(22)33-21-10-24(27(40)34-25-5-6-36(4)35-25)38(15-21)28(41)18-7-20(31-3)12-32-11-18/h5-9,11-12,16-17,21,24,31,33H,10,13-15H2,1-4H3,(H,34,35,40)/t16-,17+,21-,24+/m1/s1. The van der Waals surface area contributed by atoms with Gasteiger partial charge in [-0.1, -0.05) is 15.9 Å². The van der Waals surface area contributed by atoms with Gasteiger partial charge in [0.05, 0.1) is 33.9 Å². The molecule has 238 valence electrons. The van der Waals surface area contributed by atoms with Gasteiger partial charge in [-0.05, 0) is 32.4 Å². The van der Waals surface area contributed by atoms with Gasteiger partial charge in [0, 0.05) is 75.0 Å². The minimum Gasteiger partial charge on any atom is -0.387 e. The van der Waals surface area contributed by atoms with Crippen molar-refractivity contribution < 1.29 is 24.0 Å². The monoisotopic (exact) mass is 683 g/mol. The molecule has 2 aliphatic rings. The Kier molecular flexibility index (Phi) is 9.34. The van der Waals surface area contributed by atoms with Crippen molar-refractivity contribution in [2.75, 3.05) is 42.6 Å². The Hall–Kier alpha value is -4.57. The third-order valence-electron chi connectivity index (χ3n) is 7.67. The van der Waals surface area contributed by atoms with Gasteiger partial charge in [-0.3, -0.25) is 34.2 Å². The molecular formula is C29H34BrN9O6. The molecule has 3 amide bonds. The number of benzene rings is 1. The van der Waals surface area contributed by atoms with Crippen LogP contribution in [0.2, 0.25) is 0 Å². The lowest BCUT2D eigenvalue weighted by atomic mass is 10.1. The van der Waals surface area contributed by atoms with Gasteiger partial charge >= 0.3 is 0 Å². The van der Waals surface area contributed by atoms with Gasteiger partial charge in [0.15, 0.2) is 5.82 Å². The van der Waals surface area contributed by atoms with Crippen molar-refractivity contribution in [2.45, 2.75) is 44.6 Å². The van der Waals surface area contributed by atoms with E-state index in [0.717, 1.165) is 0 Å². The van der Waals surface area contributed by atoms with Crippen LogP contribution in [0.4, 0.5) is 22.9 Å². The van der Waals surface area contributed by atoms with Gasteiger partial charge in [0.2, 0.25) is 5.91 Å². The van der Waals surface area contributed by atoms with Crippen LogP contribution in [0.15, 0.2) is 47.3 Å². The number of anilines is 3. The number of ether oxygens (including phenoxy) is 1. The maximum Gasteiger partial charge on any atom is 0.294 e. The van der Waals surface area contributed by atoms with E-state index in [1.807, 2.05) is 13.8 Å². The van der Waals surface area contributed by atoms with E-state index in [0.29, 0.717) is 29.1 Å². The SMILES string of the molecule is CNc1cncc(C(=O)N2C[C@H](Nc3c(C(=O)N4C[C@@H](C)O[C@@H](C)C4)cc(Br)cc3[N+](=O)[O-])C[C@H]2C(=O)Nc2ccn(C)n2)c1. The third-order valence-corrected chi connectivity index (χ3v) is 8.13. The highest BCUT2D eigenvalue weighted by Crippen LogP contribution is 2.36. The molecule has 0 radical (unpaired) electrons. The van der Waals surface area contributed by atoms with Crippen molar-refractivity contribution >= 4 is 56.5 Å². The highest BCUT2D eigenvalue weighted by Gasteiger charge is 2.42. The first-order valence-corrected chi connectivity index (χ1v) is 15.2. The van der Waals surface area contributed by atoms with Crippen LogP contribution in [0.5, 0.6) is 0 Å². The first-order chi connectivity index (χ1) is 21.4. The normalized spacial score (nSPS) is 21.4. The van der Waals surface area contributed by atoms with Crippen molar-refractivity contribution in [3.05, 3.63) is 68.6 Å². The van der Waals surface area contributed by atoms with E-state index in [4.69, 9.17) is 4.74 Å². The Labute approximate surface area is 267 Å². The number of likely N-dealkylation sites (tertiary alicyclic amines) is 1. The Bertz CT molecular complexity index is 1620. The first-order valence-electron chi connectivity index (χ1n) is 14.4. The molecular weight excluding hydrogens is 650 g/mol. The topological polar surface area (TPSA) is 177 Å². The Morgan fingerprint density at radius 3 is 2.47 bits per heavy atom. The smallest absolute Gasteiger partial charge is 0.294 e. The molecule has 2 aromatic heterocycles. The zero-order chi connectivity index (χ0) is 32.4. The van der Waals surface area contributed by atoms with Crippen LogP contribution in [0.3, 0.4) is 0 Å². The van der Waals surface area contributed by atoms with Gasteiger partial charge in [0.25, 0.3) is 17.5 Å². The molecule has 1 aromatic carbocycles. The van der Waals surface area contributed by atoms with Crippen molar-refractivity contribution in [2.24, 2.45) is 7.05 Å². The minimum absolute atomic E-state index is 0.0158. The number of nitrogens with one attached hydrogen (secondary N) is 3. The van der Waals surface area contributed by atoms with Crippen LogP contribution >= 0.6 is 15.9 Å². The number of hydrogen-bond acceptors (Lipinski definition) is 10. The fourth-order valence-electron chi connectivity index (χ4n) is 5.74. The molecule has 4 heterocycles. The molecule has 15 nitrogen and oxygen atoms in total. The minimum atomic E-state index is -0.954. The summed E-state index contributed by atoms with van der Waals surface area (Å²) in [5.41, 5.74) is 0.681. The van der Waals surface area contributed by atoms with Crippen LogP contribution in [0, 0.1) is 10.1 Å². The summed E-state index contributed by atoms with van der Waals surface area (Å²) in [6.45, 7) is 4.39. The van der Waals surface area contributed by atoms with Crippen LogP contribution in [0.1, 0.15) is 41.0 Å². The molecule has 2 fully saturated rings. The number of nitro groups is 1. The second kappa shape index (κ2) is 13.2. The van der Waals surface area contributed by atoms with Crippen LogP contribution in [-0.2, 0) is 16.6 Å². The highest BCUT2D eigenvalue weighted by atomic mass is 79.9. The average Bonchev–Trinajstić information content (AvgIpc) is 3.62. The fraction of sp³-hybridized carbons (Fsp3) is 0.414. The second-order valence-corrected chi connectivity index (χ2v) is 12.1. The summed E-state index contributed by atoms with van der Waals surface area (Å²) < 4.78 is 7.67. The van der Waals surface area contributed by atoms with Gasteiger partial charge in [-0.2, -0.15) is 5.10 Å². The van der Waals surface area contributed by atoms with E-state index in [1.54, 1.807) is 49.6 Å². The van der Waals surface area contributed by atoms with Gasteiger partial charge in [-0.15, -0.1) is 0 Å². The van der Waals surface area contributed by atoms with E-state index >= 15 is 0 Å². The summed E-state index contributed by atoms with van der Waals surface area (Å²) in [4.78, 5) is 60.0. The fourth-order valence-corrected chi connectivity index (χ4v) is 6.19. The molecule has 2 saturated heterocycles. The van der Waals surface area contributed by atoms with Crippen molar-refractivity contribution in [3.63, 3.8) is 0 Å². The number of aromatic nitrogens is 3. The van der Waals surface area contributed by atoms with Gasteiger partial charge < -0.3 is 30.5 Å². The lowest BCUT2D eigenvalue weighted by molar-refractivity contribution is -0.384. The molecule has 3 N–H and O–H groups in total. The van der Waals surface area contributed by atoms with E-state index in [9.17, 15) is 24.5 Å². The molecule has 4 atom stereocenters. The summed E-state index contributed by atoms with van der Waals surface area (Å²) in [7, 11) is 3.41. The maximum atomic E-state index is 13.8. The lowest BCUT2D eigenvalue weighted by Crippen LogP contribution is -2.48. The predicted molar refractivity (Wildman–Crippen MR) is 169 cm³/mol. The van der Waals surface area contributed by atoms with Crippen LogP contribution < -0.4 is 16.0 Å². The molecule has 0 unspecified atom stereocenters. The average molecular weight is 685 g/mol. The zero-order valence-corrected chi connectivity index (χ0v) is 26.8. The number of carbonyl (C=O) groups excluding carboxylic acids is 3. The number of nitrogens with zero attached hydrogens (tertiary/aromatic N) is 6.